The van der Waals surface area contributed by atoms with Crippen molar-refractivity contribution in [3.63, 3.8) is 0 Å². The topological polar surface area (TPSA) is 107 Å². The summed E-state index contributed by atoms with van der Waals surface area (Å²) in [6, 6.07) is 5.30. The Kier molecular flexibility index (Phi) is 5.39. The highest BCUT2D eigenvalue weighted by molar-refractivity contribution is 5.92. The van der Waals surface area contributed by atoms with Crippen LogP contribution < -0.4 is 0 Å². The maximum atomic E-state index is 12.9. The lowest BCUT2D eigenvalue weighted by Crippen LogP contribution is -2.49. The molecule has 0 N–H and O–H groups in total. The summed E-state index contributed by atoms with van der Waals surface area (Å²) in [7, 11) is 1.66. The molecule has 1 unspecified atom stereocenters. The van der Waals surface area contributed by atoms with Crippen LogP contribution in [-0.4, -0.2) is 57.9 Å². The van der Waals surface area contributed by atoms with E-state index in [1.54, 1.807) is 37.4 Å². The van der Waals surface area contributed by atoms with Crippen LogP contribution in [0.2, 0.25) is 0 Å². The zero-order valence-electron chi connectivity index (χ0n) is 16.5. The van der Waals surface area contributed by atoms with Gasteiger partial charge in [-0.05, 0) is 38.3 Å². The standard InChI is InChI=1S/C20H23N5O4/c1-14-12-16(23-28-14)18(26)25-10-3-6-20(13-25,7-11-27-2)19-22-17(29-24-19)15-4-8-21-9-5-15/h4-5,8-9,12H,3,6-7,10-11,13H2,1-2H3. The first-order valence-corrected chi connectivity index (χ1v) is 9.57. The summed E-state index contributed by atoms with van der Waals surface area (Å²) in [4.78, 5) is 23.4. The van der Waals surface area contributed by atoms with Gasteiger partial charge in [0.25, 0.3) is 11.8 Å². The molecule has 9 heteroatoms. The molecule has 0 radical (unpaired) electrons. The minimum Gasteiger partial charge on any atom is -0.385 e. The Hall–Kier alpha value is -3.07. The minimum absolute atomic E-state index is 0.152. The first kappa shape index (κ1) is 19.3. The third-order valence-corrected chi connectivity index (χ3v) is 5.32. The second-order valence-corrected chi connectivity index (χ2v) is 7.34. The van der Waals surface area contributed by atoms with Gasteiger partial charge in [-0.2, -0.15) is 4.98 Å². The summed E-state index contributed by atoms with van der Waals surface area (Å²) in [5.74, 6) is 1.49. The van der Waals surface area contributed by atoms with Crippen LogP contribution in [0, 0.1) is 6.92 Å². The van der Waals surface area contributed by atoms with Gasteiger partial charge < -0.3 is 18.7 Å². The van der Waals surface area contributed by atoms with Crippen LogP contribution in [0.25, 0.3) is 11.5 Å². The smallest absolute Gasteiger partial charge is 0.276 e. The Morgan fingerprint density at radius 3 is 2.83 bits per heavy atom. The molecule has 152 valence electrons. The summed E-state index contributed by atoms with van der Waals surface area (Å²) in [6.07, 6.45) is 5.71. The van der Waals surface area contributed by atoms with E-state index >= 15 is 0 Å². The molecular formula is C20H23N5O4. The molecule has 3 aromatic heterocycles. The molecule has 1 saturated heterocycles. The van der Waals surface area contributed by atoms with Gasteiger partial charge in [0.2, 0.25) is 0 Å². The van der Waals surface area contributed by atoms with Gasteiger partial charge in [0.15, 0.2) is 11.5 Å². The molecule has 4 heterocycles. The summed E-state index contributed by atoms with van der Waals surface area (Å²) in [5.41, 5.74) is 0.676. The number of ether oxygens (including phenoxy) is 1. The van der Waals surface area contributed by atoms with Crippen molar-refractivity contribution in [3.8, 4) is 11.5 Å². The molecule has 1 aliphatic heterocycles. The number of nitrogens with zero attached hydrogens (tertiary/aromatic N) is 5. The molecular weight excluding hydrogens is 374 g/mol. The Balaban J connectivity index is 1.62. The van der Waals surface area contributed by atoms with E-state index in [2.05, 4.69) is 20.3 Å². The number of hydrogen-bond acceptors (Lipinski definition) is 8. The maximum absolute atomic E-state index is 12.9. The van der Waals surface area contributed by atoms with Crippen LogP contribution in [0.5, 0.6) is 0 Å². The molecule has 9 nitrogen and oxygen atoms in total. The van der Waals surface area contributed by atoms with Crippen molar-refractivity contribution in [1.82, 2.24) is 25.2 Å². The third kappa shape index (κ3) is 3.91. The summed E-state index contributed by atoms with van der Waals surface area (Å²) in [6.45, 7) is 3.41. The lowest BCUT2D eigenvalue weighted by Gasteiger charge is -2.40. The van der Waals surface area contributed by atoms with E-state index < -0.39 is 5.41 Å². The zero-order valence-corrected chi connectivity index (χ0v) is 16.5. The van der Waals surface area contributed by atoms with Gasteiger partial charge in [0, 0.05) is 50.8 Å². The Bertz CT molecular complexity index is 970. The predicted molar refractivity (Wildman–Crippen MR) is 102 cm³/mol. The van der Waals surface area contributed by atoms with Crippen LogP contribution in [0.1, 0.15) is 41.3 Å². The third-order valence-electron chi connectivity index (χ3n) is 5.32. The highest BCUT2D eigenvalue weighted by atomic mass is 16.5. The van der Waals surface area contributed by atoms with E-state index in [1.165, 1.54) is 0 Å². The van der Waals surface area contributed by atoms with E-state index in [4.69, 9.17) is 13.8 Å². The first-order chi connectivity index (χ1) is 14.1. The number of rotatable bonds is 6. The average molecular weight is 397 g/mol. The molecule has 1 aliphatic rings. The van der Waals surface area contributed by atoms with Crippen molar-refractivity contribution in [3.05, 3.63) is 47.9 Å². The van der Waals surface area contributed by atoms with E-state index in [1.807, 2.05) is 12.1 Å². The van der Waals surface area contributed by atoms with Crippen molar-refractivity contribution in [2.75, 3.05) is 26.8 Å². The van der Waals surface area contributed by atoms with Crippen LogP contribution in [0.4, 0.5) is 0 Å². The number of carbonyl (C=O) groups excluding carboxylic acids is 1. The molecule has 0 bridgehead atoms. The lowest BCUT2D eigenvalue weighted by molar-refractivity contribution is 0.0557. The molecule has 1 amide bonds. The highest BCUT2D eigenvalue weighted by Gasteiger charge is 2.42. The number of aromatic nitrogens is 4. The number of hydrogen-bond donors (Lipinski definition) is 0. The van der Waals surface area contributed by atoms with Gasteiger partial charge in [-0.1, -0.05) is 10.3 Å². The Morgan fingerprint density at radius 1 is 1.28 bits per heavy atom. The van der Waals surface area contributed by atoms with Crippen LogP contribution in [-0.2, 0) is 10.2 Å². The number of carbonyl (C=O) groups is 1. The van der Waals surface area contributed by atoms with Crippen LogP contribution in [0.15, 0.2) is 39.6 Å². The average Bonchev–Trinajstić information content (AvgIpc) is 3.42. The molecule has 0 aromatic carbocycles. The van der Waals surface area contributed by atoms with Gasteiger partial charge in [-0.3, -0.25) is 9.78 Å². The normalized spacial score (nSPS) is 19.4. The van der Waals surface area contributed by atoms with Crippen molar-refractivity contribution < 1.29 is 18.6 Å². The fourth-order valence-corrected chi connectivity index (χ4v) is 3.78. The maximum Gasteiger partial charge on any atom is 0.276 e. The van der Waals surface area contributed by atoms with E-state index in [0.717, 1.165) is 18.4 Å². The fourth-order valence-electron chi connectivity index (χ4n) is 3.78. The van der Waals surface area contributed by atoms with Crippen molar-refractivity contribution >= 4 is 5.91 Å². The molecule has 0 aliphatic carbocycles. The van der Waals surface area contributed by atoms with Gasteiger partial charge in [0.1, 0.15) is 5.76 Å². The van der Waals surface area contributed by atoms with Crippen molar-refractivity contribution in [2.45, 2.75) is 31.6 Å². The predicted octanol–water partition coefficient (Wildman–Crippen LogP) is 2.64. The SMILES string of the molecule is COCCC1(c2noc(-c3ccncc3)n2)CCCN(C(=O)c2cc(C)on2)C1. The second-order valence-electron chi connectivity index (χ2n) is 7.34. The van der Waals surface area contributed by atoms with Gasteiger partial charge in [0.05, 0.1) is 5.41 Å². The van der Waals surface area contributed by atoms with Gasteiger partial charge in [-0.25, -0.2) is 0 Å². The lowest BCUT2D eigenvalue weighted by atomic mass is 9.76. The summed E-state index contributed by atoms with van der Waals surface area (Å²) < 4.78 is 15.9. The summed E-state index contributed by atoms with van der Waals surface area (Å²) in [5, 5.41) is 8.15. The minimum atomic E-state index is -0.447. The van der Waals surface area contributed by atoms with E-state index in [9.17, 15) is 4.79 Å². The zero-order chi connectivity index (χ0) is 20.3. The molecule has 29 heavy (non-hydrogen) atoms. The van der Waals surface area contributed by atoms with Gasteiger partial charge >= 0.3 is 0 Å². The number of piperidine rings is 1. The quantitative estimate of drug-likeness (QED) is 0.625. The summed E-state index contributed by atoms with van der Waals surface area (Å²) >= 11 is 0. The molecule has 1 fully saturated rings. The highest BCUT2D eigenvalue weighted by Crippen LogP contribution is 2.37. The van der Waals surface area contributed by atoms with Crippen LogP contribution >= 0.6 is 0 Å². The van der Waals surface area contributed by atoms with Crippen molar-refractivity contribution in [2.24, 2.45) is 0 Å². The number of likely N-dealkylation sites (tertiary alicyclic amines) is 1. The Labute approximate surface area is 168 Å². The molecule has 3 aromatic rings. The molecule has 4 rings (SSSR count). The first-order valence-electron chi connectivity index (χ1n) is 9.57. The largest absolute Gasteiger partial charge is 0.385 e. The van der Waals surface area contributed by atoms with Crippen LogP contribution in [0.3, 0.4) is 0 Å². The number of pyridine rings is 1. The molecule has 0 saturated carbocycles. The monoisotopic (exact) mass is 397 g/mol. The second kappa shape index (κ2) is 8.12. The van der Waals surface area contributed by atoms with Gasteiger partial charge in [-0.15, -0.1) is 0 Å². The van der Waals surface area contributed by atoms with E-state index in [-0.39, 0.29) is 5.91 Å². The number of amides is 1. The molecule has 0 spiro atoms. The number of aryl methyl sites for hydroxylation is 1. The number of methoxy groups -OCH3 is 1. The van der Waals surface area contributed by atoms with Crippen molar-refractivity contribution in [1.29, 1.82) is 0 Å². The molecule has 1 atom stereocenters. The van der Waals surface area contributed by atoms with E-state index in [0.29, 0.717) is 49.3 Å². The Morgan fingerprint density at radius 2 is 2.10 bits per heavy atom. The fraction of sp³-hybridized carbons (Fsp3) is 0.450.